The van der Waals surface area contributed by atoms with Crippen molar-refractivity contribution >= 4 is 5.97 Å². The molecular formula is C15H14F2N6O2. The highest BCUT2D eigenvalue weighted by molar-refractivity contribution is 5.89. The normalized spacial score (nSPS) is 11.2. The molecule has 3 rings (SSSR count). The van der Waals surface area contributed by atoms with Crippen molar-refractivity contribution in [3.63, 3.8) is 0 Å². The van der Waals surface area contributed by atoms with Gasteiger partial charge in [0.2, 0.25) is 0 Å². The number of carbonyl (C=O) groups is 1. The molecule has 0 aliphatic carbocycles. The molecule has 0 spiro atoms. The second-order valence-corrected chi connectivity index (χ2v) is 5.48. The van der Waals surface area contributed by atoms with Crippen LogP contribution in [0, 0.1) is 6.92 Å². The number of hydrogen-bond donors (Lipinski definition) is 1. The zero-order chi connectivity index (χ0) is 18.1. The van der Waals surface area contributed by atoms with E-state index in [-0.39, 0.29) is 23.5 Å². The highest BCUT2D eigenvalue weighted by atomic mass is 19.3. The molecule has 0 bridgehead atoms. The molecule has 0 fully saturated rings. The Bertz CT molecular complexity index is 934. The summed E-state index contributed by atoms with van der Waals surface area (Å²) in [6.07, 6.45) is -1.15. The van der Waals surface area contributed by atoms with Crippen molar-refractivity contribution in [1.82, 2.24) is 30.0 Å². The second kappa shape index (κ2) is 6.38. The van der Waals surface area contributed by atoms with Gasteiger partial charge in [0.05, 0.1) is 18.3 Å². The summed E-state index contributed by atoms with van der Waals surface area (Å²) in [6.45, 7) is 1.80. The third-order valence-electron chi connectivity index (χ3n) is 3.76. The van der Waals surface area contributed by atoms with Crippen molar-refractivity contribution in [1.29, 1.82) is 0 Å². The average Bonchev–Trinajstić information content (AvgIpc) is 3.15. The number of hydrogen-bond acceptors (Lipinski definition) is 5. The first kappa shape index (κ1) is 16.7. The van der Waals surface area contributed by atoms with Crippen molar-refractivity contribution in [3.05, 3.63) is 46.9 Å². The van der Waals surface area contributed by atoms with Gasteiger partial charge < -0.3 is 5.11 Å². The fourth-order valence-electron chi connectivity index (χ4n) is 2.47. The predicted octanol–water partition coefficient (Wildman–Crippen LogP) is 2.07. The number of aromatic carboxylic acids is 1. The van der Waals surface area contributed by atoms with E-state index in [1.54, 1.807) is 12.3 Å². The summed E-state index contributed by atoms with van der Waals surface area (Å²) in [5, 5.41) is 24.4. The first-order chi connectivity index (χ1) is 11.9. The van der Waals surface area contributed by atoms with Crippen molar-refractivity contribution in [2.75, 3.05) is 0 Å². The van der Waals surface area contributed by atoms with Crippen LogP contribution in [-0.4, -0.2) is 41.1 Å². The zero-order valence-corrected chi connectivity index (χ0v) is 13.4. The van der Waals surface area contributed by atoms with Crippen LogP contribution in [0.3, 0.4) is 0 Å². The van der Waals surface area contributed by atoms with Crippen molar-refractivity contribution in [3.8, 4) is 11.3 Å². The molecule has 0 saturated heterocycles. The Balaban J connectivity index is 1.91. The Morgan fingerprint density at radius 3 is 2.72 bits per heavy atom. The van der Waals surface area contributed by atoms with Crippen LogP contribution in [0.4, 0.5) is 8.78 Å². The van der Waals surface area contributed by atoms with E-state index in [9.17, 15) is 13.6 Å². The summed E-state index contributed by atoms with van der Waals surface area (Å²) in [5.74, 6) is -1.05. The maximum absolute atomic E-state index is 13.1. The van der Waals surface area contributed by atoms with E-state index in [4.69, 9.17) is 5.11 Å². The molecule has 0 aliphatic rings. The Hall–Kier alpha value is -3.17. The Kier molecular flexibility index (Phi) is 4.26. The number of carboxylic acids is 1. The van der Waals surface area contributed by atoms with Crippen LogP contribution >= 0.6 is 0 Å². The molecule has 2 heterocycles. The number of alkyl halides is 2. The number of benzene rings is 1. The molecule has 8 nitrogen and oxygen atoms in total. The van der Waals surface area contributed by atoms with Gasteiger partial charge in [-0.15, -0.1) is 10.2 Å². The van der Waals surface area contributed by atoms with Gasteiger partial charge in [-0.05, 0) is 24.6 Å². The number of halogens is 2. The quantitative estimate of drug-likeness (QED) is 0.758. The van der Waals surface area contributed by atoms with Crippen LogP contribution in [0.2, 0.25) is 0 Å². The lowest BCUT2D eigenvalue weighted by atomic mass is 10.0. The maximum Gasteiger partial charge on any atom is 0.335 e. The molecule has 1 aromatic carbocycles. The standard InChI is InChI=1S/C15H14F2N6O2/c1-8-3-4-9(15(24)25)5-10(8)11-6-23(21-18-11)7-12-13(14(16)17)22(2)20-19-12/h3-6,14H,7H2,1-2H3,(H,24,25). The molecule has 25 heavy (non-hydrogen) atoms. The molecule has 0 aliphatic heterocycles. The molecule has 2 aromatic heterocycles. The predicted molar refractivity (Wildman–Crippen MR) is 82.2 cm³/mol. The number of nitrogens with zero attached hydrogens (tertiary/aromatic N) is 6. The van der Waals surface area contributed by atoms with Gasteiger partial charge in [-0.25, -0.2) is 22.9 Å². The minimum absolute atomic E-state index is 0.0157. The van der Waals surface area contributed by atoms with Crippen LogP contribution in [0.25, 0.3) is 11.3 Å². The van der Waals surface area contributed by atoms with E-state index in [1.165, 1.54) is 23.9 Å². The largest absolute Gasteiger partial charge is 0.478 e. The van der Waals surface area contributed by atoms with Crippen LogP contribution < -0.4 is 0 Å². The lowest BCUT2D eigenvalue weighted by Gasteiger charge is -2.04. The van der Waals surface area contributed by atoms with Gasteiger partial charge in [-0.1, -0.05) is 16.5 Å². The summed E-state index contributed by atoms with van der Waals surface area (Å²) in [5.41, 5.74) is 1.84. The van der Waals surface area contributed by atoms with E-state index < -0.39 is 12.4 Å². The van der Waals surface area contributed by atoms with E-state index in [2.05, 4.69) is 20.6 Å². The molecule has 10 heteroatoms. The summed E-state index contributed by atoms with van der Waals surface area (Å²) in [7, 11) is 1.39. The molecule has 0 radical (unpaired) electrons. The number of aryl methyl sites for hydroxylation is 2. The van der Waals surface area contributed by atoms with Crippen LogP contribution in [-0.2, 0) is 13.6 Å². The topological polar surface area (TPSA) is 98.7 Å². The number of rotatable bonds is 5. The molecule has 130 valence electrons. The third-order valence-corrected chi connectivity index (χ3v) is 3.76. The third kappa shape index (κ3) is 3.23. The summed E-state index contributed by atoms with van der Waals surface area (Å²) >= 11 is 0. The summed E-state index contributed by atoms with van der Waals surface area (Å²) in [6, 6.07) is 4.67. The van der Waals surface area contributed by atoms with Crippen LogP contribution in [0.1, 0.15) is 33.7 Å². The first-order valence-electron chi connectivity index (χ1n) is 7.28. The first-order valence-corrected chi connectivity index (χ1v) is 7.28. The smallest absolute Gasteiger partial charge is 0.335 e. The maximum atomic E-state index is 13.1. The molecule has 0 unspecified atom stereocenters. The van der Waals surface area contributed by atoms with Crippen molar-refractivity contribution in [2.45, 2.75) is 19.9 Å². The zero-order valence-electron chi connectivity index (χ0n) is 13.4. The fourth-order valence-corrected chi connectivity index (χ4v) is 2.47. The molecular weight excluding hydrogens is 334 g/mol. The Morgan fingerprint density at radius 1 is 1.28 bits per heavy atom. The Morgan fingerprint density at radius 2 is 2.04 bits per heavy atom. The number of carboxylic acid groups (broad SMARTS) is 1. The Labute approximate surface area is 140 Å². The minimum atomic E-state index is -2.70. The highest BCUT2D eigenvalue weighted by Crippen LogP contribution is 2.24. The van der Waals surface area contributed by atoms with Gasteiger partial charge in [-0.2, -0.15) is 0 Å². The van der Waals surface area contributed by atoms with E-state index in [0.29, 0.717) is 11.3 Å². The van der Waals surface area contributed by atoms with E-state index in [0.717, 1.165) is 10.2 Å². The van der Waals surface area contributed by atoms with Crippen LogP contribution in [0.5, 0.6) is 0 Å². The van der Waals surface area contributed by atoms with Crippen LogP contribution in [0.15, 0.2) is 24.4 Å². The van der Waals surface area contributed by atoms with Gasteiger partial charge in [-0.3, -0.25) is 0 Å². The summed E-state index contributed by atoms with van der Waals surface area (Å²) < 4.78 is 28.5. The molecule has 0 amide bonds. The van der Waals surface area contributed by atoms with Gasteiger partial charge in [0.15, 0.2) is 0 Å². The minimum Gasteiger partial charge on any atom is -0.478 e. The average molecular weight is 348 g/mol. The monoisotopic (exact) mass is 348 g/mol. The lowest BCUT2D eigenvalue weighted by Crippen LogP contribution is -2.06. The number of aromatic nitrogens is 6. The van der Waals surface area contributed by atoms with E-state index in [1.807, 2.05) is 6.92 Å². The van der Waals surface area contributed by atoms with Gasteiger partial charge in [0.1, 0.15) is 17.1 Å². The highest BCUT2D eigenvalue weighted by Gasteiger charge is 2.21. The van der Waals surface area contributed by atoms with Crippen molar-refractivity contribution in [2.24, 2.45) is 7.05 Å². The summed E-state index contributed by atoms with van der Waals surface area (Å²) in [4.78, 5) is 11.1. The van der Waals surface area contributed by atoms with Gasteiger partial charge >= 0.3 is 5.97 Å². The molecule has 1 N–H and O–H groups in total. The second-order valence-electron chi connectivity index (χ2n) is 5.48. The van der Waals surface area contributed by atoms with Gasteiger partial charge in [0, 0.05) is 12.6 Å². The fraction of sp³-hybridized carbons (Fsp3) is 0.267. The lowest BCUT2D eigenvalue weighted by molar-refractivity contribution is 0.0697. The molecule has 0 atom stereocenters. The van der Waals surface area contributed by atoms with Gasteiger partial charge in [0.25, 0.3) is 6.43 Å². The molecule has 3 aromatic rings. The molecule has 0 saturated carbocycles. The van der Waals surface area contributed by atoms with E-state index >= 15 is 0 Å². The SMILES string of the molecule is Cc1ccc(C(=O)O)cc1-c1cn(Cc2nnn(C)c2C(F)F)nn1. The van der Waals surface area contributed by atoms with Crippen molar-refractivity contribution < 1.29 is 18.7 Å².